The SMILES string of the molecule is CNCc1cc(N2CCC(C(C)(C)C)C2)ncc1Cl. The second-order valence-electron chi connectivity index (χ2n) is 6.46. The highest BCUT2D eigenvalue weighted by molar-refractivity contribution is 6.31. The molecule has 4 heteroatoms. The molecule has 2 heterocycles. The highest BCUT2D eigenvalue weighted by Gasteiger charge is 2.32. The van der Waals surface area contributed by atoms with Crippen LogP contribution in [-0.4, -0.2) is 25.1 Å². The molecule has 0 amide bonds. The summed E-state index contributed by atoms with van der Waals surface area (Å²) in [6, 6.07) is 2.11. The van der Waals surface area contributed by atoms with E-state index in [0.717, 1.165) is 42.0 Å². The van der Waals surface area contributed by atoms with Crippen LogP contribution in [-0.2, 0) is 6.54 Å². The highest BCUT2D eigenvalue weighted by atomic mass is 35.5. The standard InChI is InChI=1S/C15H24ClN3/c1-15(2,3)12-5-6-19(10-12)14-7-11(8-17-4)13(16)9-18-14/h7,9,12,17H,5-6,8,10H2,1-4H3. The topological polar surface area (TPSA) is 28.2 Å². The van der Waals surface area contributed by atoms with Gasteiger partial charge in [-0.15, -0.1) is 0 Å². The Bertz CT molecular complexity index is 440. The van der Waals surface area contributed by atoms with Crippen molar-refractivity contribution in [3.63, 3.8) is 0 Å². The molecule has 1 aliphatic heterocycles. The number of hydrogen-bond donors (Lipinski definition) is 1. The Morgan fingerprint density at radius 1 is 1.47 bits per heavy atom. The summed E-state index contributed by atoms with van der Waals surface area (Å²) in [5.74, 6) is 1.79. The van der Waals surface area contributed by atoms with Crippen molar-refractivity contribution < 1.29 is 0 Å². The van der Waals surface area contributed by atoms with Gasteiger partial charge in [0.2, 0.25) is 0 Å². The predicted octanol–water partition coefficient (Wildman–Crippen LogP) is 3.33. The summed E-state index contributed by atoms with van der Waals surface area (Å²) in [6.07, 6.45) is 3.02. The summed E-state index contributed by atoms with van der Waals surface area (Å²) in [5.41, 5.74) is 1.49. The number of nitrogens with one attached hydrogen (secondary N) is 1. The van der Waals surface area contributed by atoms with E-state index in [9.17, 15) is 0 Å². The molecule has 0 bridgehead atoms. The first-order valence-corrected chi connectivity index (χ1v) is 7.33. The fourth-order valence-corrected chi connectivity index (χ4v) is 2.81. The van der Waals surface area contributed by atoms with Crippen LogP contribution in [0.25, 0.3) is 0 Å². The summed E-state index contributed by atoms with van der Waals surface area (Å²) in [7, 11) is 1.93. The lowest BCUT2D eigenvalue weighted by atomic mass is 9.80. The summed E-state index contributed by atoms with van der Waals surface area (Å²) in [5, 5.41) is 3.89. The Kier molecular flexibility index (Phi) is 4.36. The number of halogens is 1. The number of hydrogen-bond acceptors (Lipinski definition) is 3. The molecule has 0 aromatic carbocycles. The second-order valence-corrected chi connectivity index (χ2v) is 6.87. The molecule has 0 radical (unpaired) electrons. The molecule has 3 nitrogen and oxygen atoms in total. The Morgan fingerprint density at radius 3 is 2.79 bits per heavy atom. The van der Waals surface area contributed by atoms with Crippen molar-refractivity contribution in [2.24, 2.45) is 11.3 Å². The van der Waals surface area contributed by atoms with Crippen molar-refractivity contribution in [2.45, 2.75) is 33.7 Å². The lowest BCUT2D eigenvalue weighted by Crippen LogP contribution is -2.26. The van der Waals surface area contributed by atoms with E-state index in [4.69, 9.17) is 11.6 Å². The van der Waals surface area contributed by atoms with E-state index in [-0.39, 0.29) is 0 Å². The van der Waals surface area contributed by atoms with Gasteiger partial charge in [-0.3, -0.25) is 0 Å². The molecule has 2 rings (SSSR count). The van der Waals surface area contributed by atoms with Gasteiger partial charge < -0.3 is 10.2 Å². The van der Waals surface area contributed by atoms with Gasteiger partial charge in [0.05, 0.1) is 5.02 Å². The van der Waals surface area contributed by atoms with E-state index in [1.54, 1.807) is 6.20 Å². The molecule has 1 atom stereocenters. The van der Waals surface area contributed by atoms with Gasteiger partial charge in [-0.2, -0.15) is 0 Å². The van der Waals surface area contributed by atoms with Gasteiger partial charge in [0, 0.05) is 25.8 Å². The molecule has 0 saturated carbocycles. The number of aromatic nitrogens is 1. The number of rotatable bonds is 3. The lowest BCUT2D eigenvalue weighted by molar-refractivity contribution is 0.263. The fourth-order valence-electron chi connectivity index (χ4n) is 2.64. The van der Waals surface area contributed by atoms with E-state index in [1.165, 1.54) is 6.42 Å². The third-order valence-corrected chi connectivity index (χ3v) is 4.36. The van der Waals surface area contributed by atoms with Gasteiger partial charge in [0.1, 0.15) is 5.82 Å². The van der Waals surface area contributed by atoms with Crippen LogP contribution in [0, 0.1) is 11.3 Å². The van der Waals surface area contributed by atoms with Crippen molar-refractivity contribution in [2.75, 3.05) is 25.0 Å². The first-order valence-electron chi connectivity index (χ1n) is 6.96. The number of nitrogens with zero attached hydrogens (tertiary/aromatic N) is 2. The third-order valence-electron chi connectivity index (χ3n) is 4.02. The Morgan fingerprint density at radius 2 is 2.21 bits per heavy atom. The molecule has 1 unspecified atom stereocenters. The minimum Gasteiger partial charge on any atom is -0.356 e. The molecule has 106 valence electrons. The highest BCUT2D eigenvalue weighted by Crippen LogP contribution is 2.35. The van der Waals surface area contributed by atoms with E-state index in [0.29, 0.717) is 5.41 Å². The van der Waals surface area contributed by atoms with Crippen LogP contribution in [0.3, 0.4) is 0 Å². The maximum Gasteiger partial charge on any atom is 0.128 e. The van der Waals surface area contributed by atoms with Crippen LogP contribution in [0.2, 0.25) is 5.02 Å². The quantitative estimate of drug-likeness (QED) is 0.921. The van der Waals surface area contributed by atoms with Crippen molar-refractivity contribution in [3.05, 3.63) is 22.8 Å². The van der Waals surface area contributed by atoms with E-state index >= 15 is 0 Å². The van der Waals surface area contributed by atoms with Crippen LogP contribution >= 0.6 is 11.6 Å². The van der Waals surface area contributed by atoms with Crippen molar-refractivity contribution >= 4 is 17.4 Å². The van der Waals surface area contributed by atoms with Gasteiger partial charge >= 0.3 is 0 Å². The van der Waals surface area contributed by atoms with E-state index < -0.39 is 0 Å². The summed E-state index contributed by atoms with van der Waals surface area (Å²) < 4.78 is 0. The van der Waals surface area contributed by atoms with Crippen LogP contribution in [0.4, 0.5) is 5.82 Å². The first kappa shape index (κ1) is 14.6. The van der Waals surface area contributed by atoms with Gasteiger partial charge in [0.25, 0.3) is 0 Å². The van der Waals surface area contributed by atoms with Crippen LogP contribution in [0.1, 0.15) is 32.8 Å². The normalized spacial score (nSPS) is 20.1. The molecule has 0 aliphatic carbocycles. The summed E-state index contributed by atoms with van der Waals surface area (Å²) in [4.78, 5) is 6.87. The molecule has 1 fully saturated rings. The zero-order valence-electron chi connectivity index (χ0n) is 12.3. The van der Waals surface area contributed by atoms with Crippen molar-refractivity contribution in [1.82, 2.24) is 10.3 Å². The fraction of sp³-hybridized carbons (Fsp3) is 0.667. The van der Waals surface area contributed by atoms with Crippen molar-refractivity contribution in [1.29, 1.82) is 0 Å². The Labute approximate surface area is 121 Å². The number of pyridine rings is 1. The largest absolute Gasteiger partial charge is 0.356 e. The molecule has 1 aromatic heterocycles. The monoisotopic (exact) mass is 281 g/mol. The molecule has 19 heavy (non-hydrogen) atoms. The van der Waals surface area contributed by atoms with Crippen LogP contribution < -0.4 is 10.2 Å². The molecule has 1 aliphatic rings. The molecular formula is C15H24ClN3. The lowest BCUT2D eigenvalue weighted by Gasteiger charge is -2.27. The zero-order chi connectivity index (χ0) is 14.0. The predicted molar refractivity (Wildman–Crippen MR) is 81.8 cm³/mol. The number of anilines is 1. The maximum atomic E-state index is 6.16. The molecule has 1 saturated heterocycles. The first-order chi connectivity index (χ1) is 8.91. The Balaban J connectivity index is 2.13. The average molecular weight is 282 g/mol. The van der Waals surface area contributed by atoms with Gasteiger partial charge in [-0.05, 0) is 36.4 Å². The minimum atomic E-state index is 0.370. The van der Waals surface area contributed by atoms with Crippen LogP contribution in [0.15, 0.2) is 12.3 Å². The smallest absolute Gasteiger partial charge is 0.128 e. The van der Waals surface area contributed by atoms with Gasteiger partial charge in [-0.25, -0.2) is 4.98 Å². The second kappa shape index (κ2) is 5.68. The minimum absolute atomic E-state index is 0.370. The summed E-state index contributed by atoms with van der Waals surface area (Å²) in [6.45, 7) is 9.94. The average Bonchev–Trinajstić information content (AvgIpc) is 2.81. The van der Waals surface area contributed by atoms with Crippen molar-refractivity contribution in [3.8, 4) is 0 Å². The third kappa shape index (κ3) is 3.40. The van der Waals surface area contributed by atoms with E-state index in [2.05, 4.69) is 42.0 Å². The maximum absolute atomic E-state index is 6.16. The zero-order valence-corrected chi connectivity index (χ0v) is 13.1. The molecule has 1 aromatic rings. The Hall–Kier alpha value is -0.800. The van der Waals surface area contributed by atoms with Crippen LogP contribution in [0.5, 0.6) is 0 Å². The molecule has 0 spiro atoms. The van der Waals surface area contributed by atoms with Gasteiger partial charge in [0.15, 0.2) is 0 Å². The molecule has 1 N–H and O–H groups in total. The summed E-state index contributed by atoms with van der Waals surface area (Å²) >= 11 is 6.16. The molecular weight excluding hydrogens is 258 g/mol. The van der Waals surface area contributed by atoms with E-state index in [1.807, 2.05) is 7.05 Å². The van der Waals surface area contributed by atoms with Gasteiger partial charge in [-0.1, -0.05) is 32.4 Å².